The topological polar surface area (TPSA) is 125 Å². The number of nitrogens with one attached hydrogen (secondary N) is 3. The molecule has 0 saturated heterocycles. The van der Waals surface area contributed by atoms with E-state index < -0.39 is 6.03 Å². The van der Waals surface area contributed by atoms with Crippen LogP contribution in [-0.4, -0.2) is 38.6 Å². The number of anilines is 4. The van der Waals surface area contributed by atoms with Crippen molar-refractivity contribution in [1.82, 2.24) is 19.9 Å². The van der Waals surface area contributed by atoms with Gasteiger partial charge >= 0.3 is 6.03 Å². The molecule has 0 radical (unpaired) electrons. The molecule has 10 heteroatoms. The van der Waals surface area contributed by atoms with Crippen molar-refractivity contribution in [1.29, 1.82) is 0 Å². The number of nitrogens with zero attached hydrogens (tertiary/aromatic N) is 4. The number of aromatic nitrogens is 4. The van der Waals surface area contributed by atoms with Crippen LogP contribution >= 0.6 is 15.9 Å². The maximum atomic E-state index is 11.8. The highest BCUT2D eigenvalue weighted by molar-refractivity contribution is 9.10. The van der Waals surface area contributed by atoms with Crippen LogP contribution in [0.4, 0.5) is 27.9 Å². The molecule has 3 aromatic rings. The Hall–Kier alpha value is -3.14. The Morgan fingerprint density at radius 1 is 1.34 bits per heavy atom. The number of aromatic amines is 1. The van der Waals surface area contributed by atoms with Gasteiger partial charge < -0.3 is 21.4 Å². The molecule has 2 heterocycles. The minimum Gasteiger partial charge on any atom is -0.369 e. The highest BCUT2D eigenvalue weighted by atomic mass is 79.9. The van der Waals surface area contributed by atoms with Crippen molar-refractivity contribution in [3.05, 3.63) is 53.2 Å². The number of urea groups is 1. The van der Waals surface area contributed by atoms with Gasteiger partial charge in [0.15, 0.2) is 0 Å². The molecule has 1 aliphatic carbocycles. The maximum absolute atomic E-state index is 11.8. The third-order valence-corrected chi connectivity index (χ3v) is 5.10. The van der Waals surface area contributed by atoms with Gasteiger partial charge in [0.05, 0.1) is 10.8 Å². The van der Waals surface area contributed by atoms with E-state index in [0.29, 0.717) is 18.3 Å². The number of benzene rings is 1. The zero-order valence-electron chi connectivity index (χ0n) is 15.6. The quantitative estimate of drug-likeness (QED) is 0.411. The lowest BCUT2D eigenvalue weighted by Gasteiger charge is -2.20. The van der Waals surface area contributed by atoms with Crippen LogP contribution in [0.5, 0.6) is 0 Å². The molecule has 150 valence electrons. The number of carbonyl (C=O) groups is 1. The lowest BCUT2D eigenvalue weighted by molar-refractivity contribution is 0.253. The van der Waals surface area contributed by atoms with Crippen molar-refractivity contribution in [3.8, 4) is 0 Å². The third-order valence-electron chi connectivity index (χ3n) is 4.52. The molecule has 1 saturated carbocycles. The predicted molar refractivity (Wildman–Crippen MR) is 115 cm³/mol. The van der Waals surface area contributed by atoms with Crippen LogP contribution in [0.1, 0.15) is 18.5 Å². The molecule has 9 nitrogen and oxygen atoms in total. The zero-order valence-corrected chi connectivity index (χ0v) is 17.2. The van der Waals surface area contributed by atoms with Crippen LogP contribution in [-0.2, 0) is 6.42 Å². The third kappa shape index (κ3) is 4.83. The molecule has 5 N–H and O–H groups in total. The summed E-state index contributed by atoms with van der Waals surface area (Å²) in [5.41, 5.74) is 8.14. The Morgan fingerprint density at radius 3 is 2.93 bits per heavy atom. The molecule has 0 bridgehead atoms. The minimum absolute atomic E-state index is 0.192. The Balaban J connectivity index is 1.45. The van der Waals surface area contributed by atoms with E-state index >= 15 is 0 Å². The highest BCUT2D eigenvalue weighted by Crippen LogP contribution is 2.33. The standard InChI is InChI=1S/C19H21BrN8O/c20-16-10-24-19(27-17(16)23-7-6-13-9-22-11-25-13)26-12-2-1-3-15(8-12)28(18(21)29)14-4-5-14/h1-3,8-11,14H,4-7H2,(H2,21,29)(H,22,25)(H2,23,24,26,27). The molecule has 29 heavy (non-hydrogen) atoms. The first kappa shape index (κ1) is 19.2. The van der Waals surface area contributed by atoms with Gasteiger partial charge in [-0.15, -0.1) is 0 Å². The van der Waals surface area contributed by atoms with Crippen molar-refractivity contribution in [3.63, 3.8) is 0 Å². The summed E-state index contributed by atoms with van der Waals surface area (Å²) in [4.78, 5) is 29.4. The number of halogens is 1. The van der Waals surface area contributed by atoms with Crippen molar-refractivity contribution in [2.45, 2.75) is 25.3 Å². The summed E-state index contributed by atoms with van der Waals surface area (Å²) in [6.07, 6.45) is 7.90. The van der Waals surface area contributed by atoms with Gasteiger partial charge in [0.25, 0.3) is 0 Å². The number of hydrogen-bond donors (Lipinski definition) is 4. The SMILES string of the molecule is NC(=O)N(c1cccc(Nc2ncc(Br)c(NCCc3cnc[nH]3)n2)c1)C1CC1. The van der Waals surface area contributed by atoms with Gasteiger partial charge in [-0.2, -0.15) is 4.98 Å². The molecule has 1 aromatic carbocycles. The zero-order chi connectivity index (χ0) is 20.2. The van der Waals surface area contributed by atoms with Crippen molar-refractivity contribution in [2.75, 3.05) is 22.1 Å². The Morgan fingerprint density at radius 2 is 2.21 bits per heavy atom. The summed E-state index contributed by atoms with van der Waals surface area (Å²) in [5, 5.41) is 6.48. The molecule has 4 rings (SSSR count). The van der Waals surface area contributed by atoms with E-state index in [1.165, 1.54) is 0 Å². The number of hydrogen-bond acceptors (Lipinski definition) is 6. The van der Waals surface area contributed by atoms with Gasteiger partial charge in [0.2, 0.25) is 5.95 Å². The Labute approximate surface area is 176 Å². The Bertz CT molecular complexity index is 990. The van der Waals surface area contributed by atoms with Crippen LogP contribution < -0.4 is 21.3 Å². The van der Waals surface area contributed by atoms with E-state index in [2.05, 4.69) is 46.5 Å². The largest absolute Gasteiger partial charge is 0.369 e. The van der Waals surface area contributed by atoms with Crippen LogP contribution in [0.25, 0.3) is 0 Å². The number of amides is 2. The summed E-state index contributed by atoms with van der Waals surface area (Å²) >= 11 is 3.47. The molecule has 2 amide bonds. The molecule has 0 spiro atoms. The number of H-pyrrole nitrogens is 1. The lowest BCUT2D eigenvalue weighted by atomic mass is 10.2. The number of carbonyl (C=O) groups excluding carboxylic acids is 1. The molecule has 1 fully saturated rings. The van der Waals surface area contributed by atoms with Gasteiger partial charge in [-0.3, -0.25) is 4.90 Å². The van der Waals surface area contributed by atoms with Crippen LogP contribution in [0.15, 0.2) is 47.5 Å². The van der Waals surface area contributed by atoms with Gasteiger partial charge in [0.1, 0.15) is 5.82 Å². The van der Waals surface area contributed by atoms with Gasteiger partial charge in [-0.05, 0) is 47.0 Å². The Kier molecular flexibility index (Phi) is 5.61. The average molecular weight is 457 g/mol. The first-order chi connectivity index (χ1) is 14.1. The van der Waals surface area contributed by atoms with Gasteiger partial charge in [-0.25, -0.2) is 14.8 Å². The lowest BCUT2D eigenvalue weighted by Crippen LogP contribution is -2.37. The van der Waals surface area contributed by atoms with E-state index in [0.717, 1.165) is 40.8 Å². The fourth-order valence-corrected chi connectivity index (χ4v) is 3.33. The van der Waals surface area contributed by atoms with E-state index in [9.17, 15) is 4.79 Å². The van der Waals surface area contributed by atoms with Crippen LogP contribution in [0, 0.1) is 0 Å². The molecule has 1 aliphatic rings. The second-order valence-corrected chi connectivity index (χ2v) is 7.61. The van der Waals surface area contributed by atoms with E-state index in [1.54, 1.807) is 23.6 Å². The normalized spacial score (nSPS) is 13.1. The summed E-state index contributed by atoms with van der Waals surface area (Å²) in [7, 11) is 0. The van der Waals surface area contributed by atoms with Crippen molar-refractivity contribution in [2.24, 2.45) is 5.73 Å². The van der Waals surface area contributed by atoms with Crippen LogP contribution in [0.2, 0.25) is 0 Å². The monoisotopic (exact) mass is 456 g/mol. The van der Waals surface area contributed by atoms with E-state index in [4.69, 9.17) is 5.73 Å². The van der Waals surface area contributed by atoms with Crippen molar-refractivity contribution >= 4 is 45.1 Å². The first-order valence-electron chi connectivity index (χ1n) is 9.29. The molecular weight excluding hydrogens is 436 g/mol. The predicted octanol–water partition coefficient (Wildman–Crippen LogP) is 3.41. The molecule has 0 aliphatic heterocycles. The van der Waals surface area contributed by atoms with Gasteiger partial charge in [0, 0.05) is 48.5 Å². The van der Waals surface area contributed by atoms with E-state index in [1.807, 2.05) is 24.3 Å². The second-order valence-electron chi connectivity index (χ2n) is 6.76. The summed E-state index contributed by atoms with van der Waals surface area (Å²) in [6, 6.07) is 7.27. The number of nitrogens with two attached hydrogens (primary N) is 1. The van der Waals surface area contributed by atoms with Crippen LogP contribution in [0.3, 0.4) is 0 Å². The average Bonchev–Trinajstić information content (AvgIpc) is 3.38. The smallest absolute Gasteiger partial charge is 0.319 e. The number of primary amides is 1. The maximum Gasteiger partial charge on any atom is 0.319 e. The van der Waals surface area contributed by atoms with Crippen molar-refractivity contribution < 1.29 is 4.79 Å². The first-order valence-corrected chi connectivity index (χ1v) is 10.1. The molecule has 2 aromatic heterocycles. The van der Waals surface area contributed by atoms with Gasteiger partial charge in [-0.1, -0.05) is 6.07 Å². The number of imidazole rings is 1. The molecular formula is C19H21BrN8O. The summed E-state index contributed by atoms with van der Waals surface area (Å²) in [6.45, 7) is 0.696. The summed E-state index contributed by atoms with van der Waals surface area (Å²) < 4.78 is 0.773. The van der Waals surface area contributed by atoms with E-state index in [-0.39, 0.29) is 6.04 Å². The minimum atomic E-state index is -0.437. The second kappa shape index (κ2) is 8.48. The number of rotatable bonds is 8. The fourth-order valence-electron chi connectivity index (χ4n) is 3.00. The molecule has 0 atom stereocenters. The highest BCUT2D eigenvalue weighted by Gasteiger charge is 2.32. The summed E-state index contributed by atoms with van der Waals surface area (Å²) in [5.74, 6) is 1.14. The molecule has 0 unspecified atom stereocenters. The fraction of sp³-hybridized carbons (Fsp3) is 0.263.